The van der Waals surface area contributed by atoms with Crippen LogP contribution in [0.5, 0.6) is 17.4 Å². The summed E-state index contributed by atoms with van der Waals surface area (Å²) in [5, 5.41) is 0. The van der Waals surface area contributed by atoms with E-state index < -0.39 is 0 Å². The molecule has 0 aliphatic carbocycles. The van der Waals surface area contributed by atoms with Crippen LogP contribution in [0.15, 0.2) is 36.2 Å². The maximum atomic E-state index is 6.06. The van der Waals surface area contributed by atoms with Gasteiger partial charge in [-0.15, -0.1) is 0 Å². The molecule has 0 radical (unpaired) electrons. The van der Waals surface area contributed by atoms with Crippen molar-refractivity contribution < 1.29 is 14.2 Å². The molecule has 1 atom stereocenters. The molecule has 2 aliphatic rings. The second-order valence-electron chi connectivity index (χ2n) is 6.68. The van der Waals surface area contributed by atoms with Gasteiger partial charge in [0.1, 0.15) is 24.7 Å². The van der Waals surface area contributed by atoms with Gasteiger partial charge in [-0.3, -0.25) is 4.98 Å². The maximum absolute atomic E-state index is 6.06. The summed E-state index contributed by atoms with van der Waals surface area (Å²) >= 11 is 0. The molecule has 4 heterocycles. The molecule has 0 bridgehead atoms. The van der Waals surface area contributed by atoms with E-state index in [1.54, 1.807) is 0 Å². The highest BCUT2D eigenvalue weighted by atomic mass is 16.6. The molecule has 0 aromatic carbocycles. The van der Waals surface area contributed by atoms with Crippen LogP contribution in [0.1, 0.15) is 36.5 Å². The lowest BCUT2D eigenvalue weighted by molar-refractivity contribution is 0.163. The number of nitrogens with zero attached hydrogens (tertiary/aromatic N) is 3. The largest absolute Gasteiger partial charge is 0.484 e. The van der Waals surface area contributed by atoms with Crippen LogP contribution in [-0.2, 0) is 0 Å². The van der Waals surface area contributed by atoms with Gasteiger partial charge >= 0.3 is 0 Å². The van der Waals surface area contributed by atoms with Gasteiger partial charge in [-0.1, -0.05) is 0 Å². The zero-order valence-electron chi connectivity index (χ0n) is 15.4. The van der Waals surface area contributed by atoms with Crippen LogP contribution in [-0.4, -0.2) is 34.6 Å². The monoisotopic (exact) mass is 353 g/mol. The molecule has 2 aromatic rings. The van der Waals surface area contributed by atoms with E-state index in [0.717, 1.165) is 47.3 Å². The number of pyridine rings is 2. The van der Waals surface area contributed by atoms with Crippen LogP contribution in [0, 0.1) is 13.8 Å². The van der Waals surface area contributed by atoms with Crippen molar-refractivity contribution in [3.8, 4) is 17.4 Å². The summed E-state index contributed by atoms with van der Waals surface area (Å²) in [6, 6.07) is 7.99. The average Bonchev–Trinajstić information content (AvgIpc) is 3.08. The zero-order valence-corrected chi connectivity index (χ0v) is 15.4. The Morgan fingerprint density at radius 2 is 1.85 bits per heavy atom. The van der Waals surface area contributed by atoms with Crippen molar-refractivity contribution >= 4 is 0 Å². The van der Waals surface area contributed by atoms with E-state index in [2.05, 4.69) is 28.0 Å². The third-order valence-electron chi connectivity index (χ3n) is 4.58. The summed E-state index contributed by atoms with van der Waals surface area (Å²) in [7, 11) is 0. The van der Waals surface area contributed by atoms with Gasteiger partial charge in [0.15, 0.2) is 5.75 Å². The quantitative estimate of drug-likeness (QED) is 0.838. The summed E-state index contributed by atoms with van der Waals surface area (Å²) < 4.78 is 17.2. The third kappa shape index (κ3) is 3.45. The minimum absolute atomic E-state index is 0.132. The smallest absolute Gasteiger partial charge is 0.257 e. The maximum Gasteiger partial charge on any atom is 0.257 e. The number of rotatable bonds is 4. The molecule has 136 valence electrons. The first-order valence-corrected chi connectivity index (χ1v) is 8.94. The van der Waals surface area contributed by atoms with E-state index >= 15 is 0 Å². The minimum Gasteiger partial charge on any atom is -0.484 e. The Morgan fingerprint density at radius 1 is 1.08 bits per heavy atom. The molecule has 2 aromatic heterocycles. The number of ether oxygens (including phenoxy) is 3. The topological polar surface area (TPSA) is 56.7 Å². The molecule has 6 heteroatoms. The predicted octanol–water partition coefficient (Wildman–Crippen LogP) is 3.55. The van der Waals surface area contributed by atoms with Crippen molar-refractivity contribution in [1.29, 1.82) is 0 Å². The first kappa shape index (κ1) is 16.7. The molecule has 0 N–H and O–H groups in total. The Balaban J connectivity index is 1.48. The van der Waals surface area contributed by atoms with Gasteiger partial charge in [0.05, 0.1) is 11.7 Å². The molecule has 0 spiro atoms. The lowest BCUT2D eigenvalue weighted by Gasteiger charge is -2.25. The summed E-state index contributed by atoms with van der Waals surface area (Å²) in [5.41, 5.74) is 2.89. The average molecular weight is 353 g/mol. The zero-order chi connectivity index (χ0) is 18.1. The van der Waals surface area contributed by atoms with Crippen LogP contribution in [0.3, 0.4) is 0 Å². The first-order valence-electron chi connectivity index (χ1n) is 8.94. The fraction of sp³-hybridized carbons (Fsp3) is 0.400. The van der Waals surface area contributed by atoms with Gasteiger partial charge in [-0.25, -0.2) is 4.98 Å². The minimum atomic E-state index is 0.132. The van der Waals surface area contributed by atoms with Crippen molar-refractivity contribution in [2.75, 3.05) is 19.8 Å². The predicted molar refractivity (Wildman–Crippen MR) is 97.4 cm³/mol. The van der Waals surface area contributed by atoms with Crippen molar-refractivity contribution in [3.63, 3.8) is 0 Å². The molecule has 0 unspecified atom stereocenters. The molecular formula is C20H23N3O3. The molecule has 0 amide bonds. The number of hydrogen-bond acceptors (Lipinski definition) is 6. The second-order valence-corrected chi connectivity index (χ2v) is 6.68. The van der Waals surface area contributed by atoms with Crippen LogP contribution >= 0.6 is 0 Å². The normalized spacial score (nSPS) is 17.0. The highest BCUT2D eigenvalue weighted by molar-refractivity contribution is 5.36. The van der Waals surface area contributed by atoms with E-state index in [4.69, 9.17) is 14.2 Å². The second kappa shape index (κ2) is 6.86. The summed E-state index contributed by atoms with van der Waals surface area (Å²) in [6.45, 7) is 8.11. The van der Waals surface area contributed by atoms with E-state index in [1.807, 2.05) is 38.1 Å². The Hall–Kier alpha value is -2.76. The summed E-state index contributed by atoms with van der Waals surface area (Å²) in [5.74, 6) is 3.10. The molecule has 0 saturated carbocycles. The fourth-order valence-corrected chi connectivity index (χ4v) is 3.29. The number of aryl methyl sites for hydroxylation is 2. The molecule has 0 saturated heterocycles. The van der Waals surface area contributed by atoms with Crippen molar-refractivity contribution in [2.45, 2.75) is 33.2 Å². The molecule has 2 aliphatic heterocycles. The Labute approximate surface area is 153 Å². The van der Waals surface area contributed by atoms with Gasteiger partial charge in [-0.05, 0) is 32.9 Å². The van der Waals surface area contributed by atoms with Crippen LogP contribution in [0.25, 0.3) is 0 Å². The van der Waals surface area contributed by atoms with Crippen LogP contribution < -0.4 is 14.2 Å². The van der Waals surface area contributed by atoms with E-state index in [1.165, 1.54) is 0 Å². The first-order chi connectivity index (χ1) is 12.6. The highest BCUT2D eigenvalue weighted by Crippen LogP contribution is 2.32. The van der Waals surface area contributed by atoms with Gasteiger partial charge in [0.2, 0.25) is 0 Å². The SMILES string of the molecule is Cc1cc(OC2=CN([C@@H](C)c3ccc4c(n3)OCCO4)CC2)cc(C)n1. The standard InChI is InChI=1S/C20H23N3O3/c1-13-10-17(11-14(2)21-13)26-16-6-7-23(12-16)15(3)18-4-5-19-20(22-18)25-9-8-24-19/h4-5,10-12,15H,6-9H2,1-3H3/t15-/m0/s1. The lowest BCUT2D eigenvalue weighted by atomic mass is 10.2. The Kier molecular flexibility index (Phi) is 4.41. The summed E-state index contributed by atoms with van der Waals surface area (Å²) in [4.78, 5) is 11.3. The lowest BCUT2D eigenvalue weighted by Crippen LogP contribution is -2.21. The highest BCUT2D eigenvalue weighted by Gasteiger charge is 2.23. The third-order valence-corrected chi connectivity index (χ3v) is 4.58. The van der Waals surface area contributed by atoms with Gasteiger partial charge < -0.3 is 19.1 Å². The molecule has 4 rings (SSSR count). The van der Waals surface area contributed by atoms with E-state index in [-0.39, 0.29) is 6.04 Å². The Morgan fingerprint density at radius 3 is 2.65 bits per heavy atom. The van der Waals surface area contributed by atoms with E-state index in [0.29, 0.717) is 19.1 Å². The van der Waals surface area contributed by atoms with Crippen molar-refractivity contribution in [3.05, 3.63) is 53.3 Å². The summed E-state index contributed by atoms with van der Waals surface area (Å²) in [6.07, 6.45) is 2.95. The van der Waals surface area contributed by atoms with Crippen LogP contribution in [0.2, 0.25) is 0 Å². The molecular weight excluding hydrogens is 330 g/mol. The van der Waals surface area contributed by atoms with Gasteiger partial charge in [-0.2, -0.15) is 0 Å². The molecule has 0 fully saturated rings. The number of fused-ring (bicyclic) bond motifs is 1. The molecule has 6 nitrogen and oxygen atoms in total. The number of hydrogen-bond donors (Lipinski definition) is 0. The van der Waals surface area contributed by atoms with Gasteiger partial charge in [0.25, 0.3) is 5.88 Å². The fourth-order valence-electron chi connectivity index (χ4n) is 3.29. The Bertz CT molecular complexity index is 830. The van der Waals surface area contributed by atoms with Crippen LogP contribution in [0.4, 0.5) is 0 Å². The van der Waals surface area contributed by atoms with Gasteiger partial charge in [0, 0.05) is 42.7 Å². The molecule has 26 heavy (non-hydrogen) atoms. The van der Waals surface area contributed by atoms with E-state index in [9.17, 15) is 0 Å². The van der Waals surface area contributed by atoms with Crippen molar-refractivity contribution in [1.82, 2.24) is 14.9 Å². The number of aromatic nitrogens is 2. The van der Waals surface area contributed by atoms with Crippen molar-refractivity contribution in [2.24, 2.45) is 0 Å².